The molecule has 1 aliphatic rings. The summed E-state index contributed by atoms with van der Waals surface area (Å²) in [5, 5.41) is 5.95. The number of rotatable bonds is 6. The summed E-state index contributed by atoms with van der Waals surface area (Å²) in [4.78, 5) is 35.0. The highest BCUT2D eigenvalue weighted by Gasteiger charge is 2.24. The number of nitrogens with zero attached hydrogens (tertiary/aromatic N) is 4. The molecule has 150 valence electrons. The number of halogens is 1. The maximum absolute atomic E-state index is 12.6. The zero-order chi connectivity index (χ0) is 20.1. The molecule has 2 amide bonds. The molecular formula is C19H24ClN5O2S. The highest BCUT2D eigenvalue weighted by atomic mass is 35.5. The van der Waals surface area contributed by atoms with Crippen LogP contribution >= 0.6 is 22.9 Å². The van der Waals surface area contributed by atoms with Crippen LogP contribution in [0, 0.1) is 0 Å². The van der Waals surface area contributed by atoms with Crippen LogP contribution in [-0.4, -0.2) is 77.8 Å². The average Bonchev–Trinajstić information content (AvgIpc) is 3.17. The number of likely N-dealkylation sites (N-methyl/N-ethyl adjacent to an activating group) is 2. The van der Waals surface area contributed by atoms with E-state index in [1.807, 2.05) is 23.1 Å². The number of thiazole rings is 1. The minimum Gasteiger partial charge on any atom is -0.339 e. The van der Waals surface area contributed by atoms with Gasteiger partial charge in [-0.05, 0) is 18.7 Å². The fourth-order valence-corrected chi connectivity index (χ4v) is 3.87. The van der Waals surface area contributed by atoms with E-state index in [-0.39, 0.29) is 18.4 Å². The zero-order valence-electron chi connectivity index (χ0n) is 16.0. The van der Waals surface area contributed by atoms with Crippen molar-refractivity contribution in [1.29, 1.82) is 0 Å². The molecule has 0 saturated carbocycles. The first-order valence-corrected chi connectivity index (χ1v) is 10.5. The number of para-hydroxylation sites is 1. The van der Waals surface area contributed by atoms with E-state index in [0.717, 1.165) is 25.3 Å². The van der Waals surface area contributed by atoms with Gasteiger partial charge in [0.15, 0.2) is 5.13 Å². The van der Waals surface area contributed by atoms with E-state index in [1.54, 1.807) is 18.5 Å². The summed E-state index contributed by atoms with van der Waals surface area (Å²) in [6.07, 6.45) is 0. The fourth-order valence-electron chi connectivity index (χ4n) is 2.99. The molecule has 0 spiro atoms. The summed E-state index contributed by atoms with van der Waals surface area (Å²) in [7, 11) is 1.63. The van der Waals surface area contributed by atoms with E-state index in [1.165, 1.54) is 16.2 Å². The van der Waals surface area contributed by atoms with Gasteiger partial charge in [-0.2, -0.15) is 0 Å². The average molecular weight is 422 g/mol. The minimum atomic E-state index is -0.274. The van der Waals surface area contributed by atoms with Crippen LogP contribution in [0.1, 0.15) is 17.4 Å². The minimum absolute atomic E-state index is 0.0313. The molecule has 1 aromatic heterocycles. The molecule has 1 aliphatic heterocycles. The molecule has 1 aromatic carbocycles. The molecule has 7 nitrogen and oxygen atoms in total. The van der Waals surface area contributed by atoms with Crippen molar-refractivity contribution in [2.24, 2.45) is 0 Å². The molecule has 0 unspecified atom stereocenters. The number of carbonyl (C=O) groups is 2. The summed E-state index contributed by atoms with van der Waals surface area (Å²) >= 11 is 7.46. The van der Waals surface area contributed by atoms with Gasteiger partial charge in [-0.3, -0.25) is 9.59 Å². The third kappa shape index (κ3) is 5.01. The second-order valence-electron chi connectivity index (χ2n) is 6.62. The number of hydrogen-bond donors (Lipinski definition) is 1. The number of piperazine rings is 1. The van der Waals surface area contributed by atoms with E-state index in [4.69, 9.17) is 11.6 Å². The Balaban J connectivity index is 1.56. The third-order valence-corrected chi connectivity index (χ3v) is 5.82. The molecule has 2 aromatic rings. The molecular weight excluding hydrogens is 398 g/mol. The Hall–Kier alpha value is -2.16. The molecule has 1 saturated heterocycles. The Kier molecular flexibility index (Phi) is 6.88. The molecule has 9 heteroatoms. The van der Waals surface area contributed by atoms with E-state index in [0.29, 0.717) is 28.9 Å². The lowest BCUT2D eigenvalue weighted by Crippen LogP contribution is -2.51. The van der Waals surface area contributed by atoms with Crippen LogP contribution in [0.5, 0.6) is 0 Å². The van der Waals surface area contributed by atoms with Gasteiger partial charge in [-0.1, -0.05) is 30.7 Å². The van der Waals surface area contributed by atoms with Crippen LogP contribution in [-0.2, 0) is 4.79 Å². The van der Waals surface area contributed by atoms with Crippen LogP contribution in [0.3, 0.4) is 0 Å². The van der Waals surface area contributed by atoms with Crippen LogP contribution in [0.2, 0.25) is 5.02 Å². The van der Waals surface area contributed by atoms with Crippen molar-refractivity contribution >= 4 is 45.6 Å². The molecule has 0 radical (unpaired) electrons. The first-order valence-electron chi connectivity index (χ1n) is 9.20. The lowest BCUT2D eigenvalue weighted by Gasteiger charge is -2.34. The standard InChI is InChI=1S/C19H24ClN5O2S/c1-3-24-8-10-25(11-9-24)17(26)12-23(2)18(27)16-13-28-19(22-16)21-15-7-5-4-6-14(15)20/h4-7,13H,3,8-12H2,1-2H3,(H,21,22). The smallest absolute Gasteiger partial charge is 0.273 e. The zero-order valence-corrected chi connectivity index (χ0v) is 17.6. The lowest BCUT2D eigenvalue weighted by molar-refractivity contribution is -0.133. The molecule has 1 N–H and O–H groups in total. The van der Waals surface area contributed by atoms with E-state index in [2.05, 4.69) is 22.1 Å². The van der Waals surface area contributed by atoms with Crippen LogP contribution in [0.4, 0.5) is 10.8 Å². The summed E-state index contributed by atoms with van der Waals surface area (Å²) in [6.45, 7) is 6.33. The predicted octanol–water partition coefficient (Wildman–Crippen LogP) is 2.78. The Morgan fingerprint density at radius 1 is 1.25 bits per heavy atom. The van der Waals surface area contributed by atoms with Crippen molar-refractivity contribution in [3.05, 3.63) is 40.4 Å². The molecule has 0 bridgehead atoms. The number of carbonyl (C=O) groups excluding carboxylic acids is 2. The summed E-state index contributed by atoms with van der Waals surface area (Å²) < 4.78 is 0. The molecule has 1 fully saturated rings. The number of anilines is 2. The number of aromatic nitrogens is 1. The fraction of sp³-hybridized carbons (Fsp3) is 0.421. The molecule has 0 atom stereocenters. The maximum Gasteiger partial charge on any atom is 0.273 e. The van der Waals surface area contributed by atoms with Crippen molar-refractivity contribution in [3.8, 4) is 0 Å². The molecule has 2 heterocycles. The largest absolute Gasteiger partial charge is 0.339 e. The topological polar surface area (TPSA) is 68.8 Å². The van der Waals surface area contributed by atoms with Gasteiger partial charge in [0, 0.05) is 38.6 Å². The van der Waals surface area contributed by atoms with Crippen LogP contribution < -0.4 is 5.32 Å². The summed E-state index contributed by atoms with van der Waals surface area (Å²) in [6, 6.07) is 7.34. The van der Waals surface area contributed by atoms with Crippen molar-refractivity contribution in [2.45, 2.75) is 6.92 Å². The van der Waals surface area contributed by atoms with Gasteiger partial charge in [0.25, 0.3) is 5.91 Å². The quantitative estimate of drug-likeness (QED) is 0.776. The molecule has 28 heavy (non-hydrogen) atoms. The van der Waals surface area contributed by atoms with E-state index < -0.39 is 0 Å². The summed E-state index contributed by atoms with van der Waals surface area (Å²) in [5.74, 6) is -0.305. The first kappa shape index (κ1) is 20.6. The second-order valence-corrected chi connectivity index (χ2v) is 7.88. The Labute approximate surface area is 173 Å². The van der Waals surface area contributed by atoms with E-state index in [9.17, 15) is 9.59 Å². The van der Waals surface area contributed by atoms with Crippen molar-refractivity contribution in [2.75, 3.05) is 51.6 Å². The number of amides is 2. The highest BCUT2D eigenvalue weighted by molar-refractivity contribution is 7.14. The Bertz CT molecular complexity index is 835. The van der Waals surface area contributed by atoms with Gasteiger partial charge in [-0.25, -0.2) is 4.98 Å². The highest BCUT2D eigenvalue weighted by Crippen LogP contribution is 2.27. The van der Waals surface area contributed by atoms with Gasteiger partial charge in [0.05, 0.1) is 17.3 Å². The van der Waals surface area contributed by atoms with Gasteiger partial charge in [0.2, 0.25) is 5.91 Å². The SMILES string of the molecule is CCN1CCN(C(=O)CN(C)C(=O)c2csc(Nc3ccccc3Cl)n2)CC1. The molecule has 0 aliphatic carbocycles. The summed E-state index contributed by atoms with van der Waals surface area (Å²) in [5.41, 5.74) is 1.04. The maximum atomic E-state index is 12.6. The van der Waals surface area contributed by atoms with E-state index >= 15 is 0 Å². The second kappa shape index (κ2) is 9.36. The van der Waals surface area contributed by atoms with Gasteiger partial charge in [-0.15, -0.1) is 11.3 Å². The monoisotopic (exact) mass is 421 g/mol. The Morgan fingerprint density at radius 2 is 1.96 bits per heavy atom. The first-order chi connectivity index (χ1) is 13.5. The lowest BCUT2D eigenvalue weighted by atomic mass is 10.3. The number of hydrogen-bond acceptors (Lipinski definition) is 6. The predicted molar refractivity (Wildman–Crippen MR) is 113 cm³/mol. The van der Waals surface area contributed by atoms with Gasteiger partial charge < -0.3 is 20.0 Å². The number of nitrogens with one attached hydrogen (secondary N) is 1. The van der Waals surface area contributed by atoms with Crippen molar-refractivity contribution in [1.82, 2.24) is 19.7 Å². The van der Waals surface area contributed by atoms with Crippen molar-refractivity contribution in [3.63, 3.8) is 0 Å². The van der Waals surface area contributed by atoms with Gasteiger partial charge >= 0.3 is 0 Å². The normalized spacial score (nSPS) is 14.8. The Morgan fingerprint density at radius 3 is 2.64 bits per heavy atom. The number of benzene rings is 1. The van der Waals surface area contributed by atoms with Crippen molar-refractivity contribution < 1.29 is 9.59 Å². The molecule has 3 rings (SSSR count). The third-order valence-electron chi connectivity index (χ3n) is 4.73. The van der Waals surface area contributed by atoms with Gasteiger partial charge in [0.1, 0.15) is 5.69 Å². The van der Waals surface area contributed by atoms with Crippen LogP contribution in [0.25, 0.3) is 0 Å². The van der Waals surface area contributed by atoms with Crippen LogP contribution in [0.15, 0.2) is 29.6 Å².